The van der Waals surface area contributed by atoms with Crippen molar-refractivity contribution in [2.24, 2.45) is 0 Å². The molecule has 0 aromatic heterocycles. The van der Waals surface area contributed by atoms with Gasteiger partial charge in [-0.1, -0.05) is 12.2 Å². The van der Waals surface area contributed by atoms with Crippen LogP contribution in [0, 0.1) is 0 Å². The number of hydrogen-bond donors (Lipinski definition) is 0. The van der Waals surface area contributed by atoms with Gasteiger partial charge in [-0.15, -0.1) is 23.2 Å². The summed E-state index contributed by atoms with van der Waals surface area (Å²) in [5, 5.41) is 0.194. The standard InChI is InChI=1S/C6H10.CH2Cl2/c1-2-4-6-5-3-1;2-1-3/h1-2H,3-6H2;1H2. The third-order valence-electron chi connectivity index (χ3n) is 1.16. The molecule has 0 aliphatic heterocycles. The molecule has 0 nitrogen and oxygen atoms in total. The average molecular weight is 167 g/mol. The third kappa shape index (κ3) is 8.32. The van der Waals surface area contributed by atoms with Gasteiger partial charge in [0.15, 0.2) is 0 Å². The Kier molecular flexibility index (Phi) is 8.62. The molecular weight excluding hydrogens is 155 g/mol. The highest BCUT2D eigenvalue weighted by Gasteiger charge is 1.87. The Balaban J connectivity index is 0.000000187. The predicted molar refractivity (Wildman–Crippen MR) is 44.2 cm³/mol. The minimum Gasteiger partial charge on any atom is -0.109 e. The Morgan fingerprint density at radius 2 is 1.33 bits per heavy atom. The van der Waals surface area contributed by atoms with E-state index in [0.717, 1.165) is 0 Å². The van der Waals surface area contributed by atoms with Gasteiger partial charge in [0.05, 0.1) is 5.34 Å². The molecule has 0 amide bonds. The smallest absolute Gasteiger partial charge is 0.0967 e. The van der Waals surface area contributed by atoms with Crippen molar-refractivity contribution < 1.29 is 0 Å². The molecule has 1 aliphatic carbocycles. The van der Waals surface area contributed by atoms with Crippen molar-refractivity contribution in [3.63, 3.8) is 0 Å². The average Bonchev–Trinajstić information content (AvgIpc) is 1.93. The molecule has 0 spiro atoms. The van der Waals surface area contributed by atoms with E-state index < -0.39 is 0 Å². The molecule has 0 heterocycles. The fourth-order valence-corrected chi connectivity index (χ4v) is 0.760. The van der Waals surface area contributed by atoms with Crippen LogP contribution in [0.1, 0.15) is 25.7 Å². The van der Waals surface area contributed by atoms with E-state index >= 15 is 0 Å². The van der Waals surface area contributed by atoms with Gasteiger partial charge < -0.3 is 0 Å². The van der Waals surface area contributed by atoms with Gasteiger partial charge in [0.25, 0.3) is 0 Å². The lowest BCUT2D eigenvalue weighted by Crippen LogP contribution is -1.77. The van der Waals surface area contributed by atoms with Crippen LogP contribution in [0.25, 0.3) is 0 Å². The van der Waals surface area contributed by atoms with Crippen molar-refractivity contribution in [2.45, 2.75) is 25.7 Å². The van der Waals surface area contributed by atoms with Crippen LogP contribution >= 0.6 is 23.2 Å². The van der Waals surface area contributed by atoms with Crippen molar-refractivity contribution in [3.8, 4) is 0 Å². The summed E-state index contributed by atoms with van der Waals surface area (Å²) in [7, 11) is 0. The maximum absolute atomic E-state index is 4.76. The Labute approximate surface area is 66.8 Å². The van der Waals surface area contributed by atoms with Gasteiger partial charge in [-0.3, -0.25) is 0 Å². The molecule has 1 rings (SSSR count). The molecule has 0 N–H and O–H groups in total. The van der Waals surface area contributed by atoms with Crippen molar-refractivity contribution >= 4 is 23.2 Å². The van der Waals surface area contributed by atoms with E-state index in [4.69, 9.17) is 23.2 Å². The van der Waals surface area contributed by atoms with E-state index in [1.807, 2.05) is 0 Å². The molecular formula is C7H12Cl2. The van der Waals surface area contributed by atoms with Gasteiger partial charge in [0.2, 0.25) is 0 Å². The molecule has 0 radical (unpaired) electrons. The summed E-state index contributed by atoms with van der Waals surface area (Å²) < 4.78 is 0. The Morgan fingerprint density at radius 3 is 1.44 bits per heavy atom. The predicted octanol–water partition coefficient (Wildman–Crippen LogP) is 3.54. The van der Waals surface area contributed by atoms with E-state index in [1.54, 1.807) is 0 Å². The second kappa shape index (κ2) is 8.32. The van der Waals surface area contributed by atoms with E-state index in [1.165, 1.54) is 25.7 Å². The van der Waals surface area contributed by atoms with Crippen LogP contribution in [0.5, 0.6) is 0 Å². The molecule has 9 heavy (non-hydrogen) atoms. The van der Waals surface area contributed by atoms with Crippen LogP contribution in [0.4, 0.5) is 0 Å². The molecule has 0 bridgehead atoms. The molecule has 54 valence electrons. The summed E-state index contributed by atoms with van der Waals surface area (Å²) in [5.41, 5.74) is 0. The largest absolute Gasteiger partial charge is 0.109 e. The maximum atomic E-state index is 4.76. The Hall–Kier alpha value is 0.320. The van der Waals surface area contributed by atoms with Crippen LogP contribution in [0.3, 0.4) is 0 Å². The summed E-state index contributed by atoms with van der Waals surface area (Å²) in [6, 6.07) is 0. The minimum absolute atomic E-state index is 0.194. The van der Waals surface area contributed by atoms with Gasteiger partial charge in [-0.05, 0) is 25.7 Å². The van der Waals surface area contributed by atoms with E-state index in [2.05, 4.69) is 12.2 Å². The molecule has 0 aromatic carbocycles. The zero-order chi connectivity index (χ0) is 6.95. The number of hydrogen-bond acceptors (Lipinski definition) is 0. The molecule has 0 fully saturated rings. The van der Waals surface area contributed by atoms with Gasteiger partial charge >= 0.3 is 0 Å². The zero-order valence-electron chi connectivity index (χ0n) is 5.45. The highest BCUT2D eigenvalue weighted by Crippen LogP contribution is 2.07. The number of alkyl halides is 2. The monoisotopic (exact) mass is 166 g/mol. The lowest BCUT2D eigenvalue weighted by molar-refractivity contribution is 0.730. The number of halogens is 2. The topological polar surface area (TPSA) is 0 Å². The first-order valence-electron chi connectivity index (χ1n) is 3.18. The minimum atomic E-state index is 0.194. The van der Waals surface area contributed by atoms with Gasteiger partial charge in [0, 0.05) is 0 Å². The van der Waals surface area contributed by atoms with Crippen LogP contribution in [0.15, 0.2) is 12.2 Å². The van der Waals surface area contributed by atoms with E-state index in [-0.39, 0.29) is 5.34 Å². The molecule has 0 atom stereocenters. The van der Waals surface area contributed by atoms with Gasteiger partial charge in [0.1, 0.15) is 0 Å². The SMILES string of the molecule is C1=CCCCC1.ClCCl. The van der Waals surface area contributed by atoms with Crippen molar-refractivity contribution in [2.75, 3.05) is 5.34 Å². The third-order valence-corrected chi connectivity index (χ3v) is 1.16. The quantitative estimate of drug-likeness (QED) is 0.382. The summed E-state index contributed by atoms with van der Waals surface area (Å²) >= 11 is 9.53. The molecule has 0 unspecified atom stereocenters. The lowest BCUT2D eigenvalue weighted by atomic mass is 10.1. The molecule has 1 aliphatic rings. The maximum Gasteiger partial charge on any atom is 0.0967 e. The first kappa shape index (κ1) is 9.32. The van der Waals surface area contributed by atoms with E-state index in [0.29, 0.717) is 0 Å². The highest BCUT2D eigenvalue weighted by atomic mass is 35.5. The Morgan fingerprint density at radius 1 is 1.00 bits per heavy atom. The summed E-state index contributed by atoms with van der Waals surface area (Å²) in [4.78, 5) is 0. The molecule has 2 heteroatoms. The first-order valence-corrected chi connectivity index (χ1v) is 4.25. The van der Waals surface area contributed by atoms with Gasteiger partial charge in [-0.25, -0.2) is 0 Å². The van der Waals surface area contributed by atoms with Crippen molar-refractivity contribution in [1.82, 2.24) is 0 Å². The summed E-state index contributed by atoms with van der Waals surface area (Å²) in [5.74, 6) is 0. The lowest BCUT2D eigenvalue weighted by Gasteiger charge is -1.97. The summed E-state index contributed by atoms with van der Waals surface area (Å²) in [6.45, 7) is 0. The molecule has 0 saturated heterocycles. The van der Waals surface area contributed by atoms with Crippen LogP contribution in [-0.4, -0.2) is 5.34 Å². The second-order valence-electron chi connectivity index (χ2n) is 1.86. The van der Waals surface area contributed by atoms with Crippen LogP contribution in [0.2, 0.25) is 0 Å². The first-order chi connectivity index (χ1) is 4.41. The second-order valence-corrected chi connectivity index (χ2v) is 2.66. The summed E-state index contributed by atoms with van der Waals surface area (Å²) in [6.07, 6.45) is 10.0. The van der Waals surface area contributed by atoms with Crippen LogP contribution in [-0.2, 0) is 0 Å². The Bertz CT molecular complexity index is 61.3. The highest BCUT2D eigenvalue weighted by molar-refractivity contribution is 6.40. The van der Waals surface area contributed by atoms with E-state index in [9.17, 15) is 0 Å². The fourth-order valence-electron chi connectivity index (χ4n) is 0.760. The zero-order valence-corrected chi connectivity index (χ0v) is 6.96. The van der Waals surface area contributed by atoms with Crippen molar-refractivity contribution in [1.29, 1.82) is 0 Å². The van der Waals surface area contributed by atoms with Crippen molar-refractivity contribution in [3.05, 3.63) is 12.2 Å². The number of allylic oxidation sites excluding steroid dienone is 2. The normalized spacial score (nSPS) is 16.2. The molecule has 0 aromatic rings. The molecule has 0 saturated carbocycles. The van der Waals surface area contributed by atoms with Crippen LogP contribution < -0.4 is 0 Å². The fraction of sp³-hybridized carbons (Fsp3) is 0.714. The number of rotatable bonds is 0. The van der Waals surface area contributed by atoms with Gasteiger partial charge in [-0.2, -0.15) is 0 Å².